The molecule has 0 saturated carbocycles. The average molecular weight is 418 g/mol. The molecule has 3 rings (SSSR count). The molecule has 29 heavy (non-hydrogen) atoms. The maximum atomic E-state index is 12.8. The molecule has 1 N–H and O–H groups in total. The van der Waals surface area contributed by atoms with Crippen molar-refractivity contribution in [3.63, 3.8) is 0 Å². The van der Waals surface area contributed by atoms with Crippen LogP contribution in [0.4, 0.5) is 5.69 Å². The lowest BCUT2D eigenvalue weighted by molar-refractivity contribution is -0.116. The van der Waals surface area contributed by atoms with Crippen LogP contribution in [0.3, 0.4) is 0 Å². The Hall–Kier alpha value is -2.15. The SMILES string of the molecule is Cc1cc(C(=O)CN(C)CC(=O)Nc2ccccc2Cl)c(C)n1C[C@@H]1CCCO1. The first-order chi connectivity index (χ1) is 13.8. The fourth-order valence-corrected chi connectivity index (χ4v) is 3.92. The third-order valence-corrected chi connectivity index (χ3v) is 5.59. The molecule has 0 radical (unpaired) electrons. The highest BCUT2D eigenvalue weighted by Crippen LogP contribution is 2.22. The van der Waals surface area contributed by atoms with E-state index in [1.165, 1.54) is 0 Å². The molecular weight excluding hydrogens is 390 g/mol. The second kappa shape index (κ2) is 9.57. The van der Waals surface area contributed by atoms with Crippen LogP contribution in [0.5, 0.6) is 0 Å². The molecule has 0 aliphatic carbocycles. The number of carbonyl (C=O) groups excluding carboxylic acids is 2. The van der Waals surface area contributed by atoms with Gasteiger partial charge in [-0.05, 0) is 51.9 Å². The maximum Gasteiger partial charge on any atom is 0.238 e. The van der Waals surface area contributed by atoms with E-state index < -0.39 is 0 Å². The number of benzene rings is 1. The predicted molar refractivity (Wildman–Crippen MR) is 115 cm³/mol. The lowest BCUT2D eigenvalue weighted by Gasteiger charge is -2.17. The molecule has 0 bridgehead atoms. The van der Waals surface area contributed by atoms with Gasteiger partial charge in [0.1, 0.15) is 0 Å². The maximum absolute atomic E-state index is 12.8. The van der Waals surface area contributed by atoms with Gasteiger partial charge in [0.05, 0.1) is 29.9 Å². The number of aryl methyl sites for hydroxylation is 1. The highest BCUT2D eigenvalue weighted by atomic mass is 35.5. The van der Waals surface area contributed by atoms with E-state index in [2.05, 4.69) is 9.88 Å². The molecule has 2 heterocycles. The first kappa shape index (κ1) is 21.6. The Morgan fingerprint density at radius 3 is 2.72 bits per heavy atom. The van der Waals surface area contributed by atoms with Gasteiger partial charge in [0.2, 0.25) is 5.91 Å². The van der Waals surface area contributed by atoms with E-state index in [0.717, 1.165) is 37.4 Å². The normalized spacial score (nSPS) is 16.4. The van der Waals surface area contributed by atoms with Gasteiger partial charge in [-0.1, -0.05) is 23.7 Å². The summed E-state index contributed by atoms with van der Waals surface area (Å²) in [6, 6.07) is 9.01. The molecule has 1 atom stereocenters. The number of nitrogens with one attached hydrogen (secondary N) is 1. The molecule has 0 spiro atoms. The Morgan fingerprint density at radius 1 is 1.28 bits per heavy atom. The fourth-order valence-electron chi connectivity index (χ4n) is 3.74. The molecule has 1 amide bonds. The van der Waals surface area contributed by atoms with Gasteiger partial charge in [-0.3, -0.25) is 14.5 Å². The molecule has 0 unspecified atom stereocenters. The van der Waals surface area contributed by atoms with Crippen molar-refractivity contribution in [2.75, 3.05) is 32.1 Å². The summed E-state index contributed by atoms with van der Waals surface area (Å²) in [5.41, 5.74) is 3.29. The zero-order chi connectivity index (χ0) is 21.0. The summed E-state index contributed by atoms with van der Waals surface area (Å²) in [6.45, 7) is 5.85. The van der Waals surface area contributed by atoms with Crippen LogP contribution >= 0.6 is 11.6 Å². The first-order valence-electron chi connectivity index (χ1n) is 9.89. The van der Waals surface area contributed by atoms with Crippen molar-refractivity contribution in [1.29, 1.82) is 0 Å². The van der Waals surface area contributed by atoms with Crippen LogP contribution in [-0.2, 0) is 16.1 Å². The van der Waals surface area contributed by atoms with E-state index in [1.807, 2.05) is 19.9 Å². The number of rotatable bonds is 8. The number of anilines is 1. The number of nitrogens with zero attached hydrogens (tertiary/aromatic N) is 2. The number of carbonyl (C=O) groups is 2. The van der Waals surface area contributed by atoms with Gasteiger partial charge in [0.15, 0.2) is 5.78 Å². The fraction of sp³-hybridized carbons (Fsp3) is 0.455. The van der Waals surface area contributed by atoms with Gasteiger partial charge in [0.25, 0.3) is 0 Å². The highest BCUT2D eigenvalue weighted by Gasteiger charge is 2.22. The summed E-state index contributed by atoms with van der Waals surface area (Å²) in [4.78, 5) is 26.8. The number of hydrogen-bond acceptors (Lipinski definition) is 4. The van der Waals surface area contributed by atoms with E-state index in [0.29, 0.717) is 16.3 Å². The van der Waals surface area contributed by atoms with Crippen molar-refractivity contribution in [1.82, 2.24) is 9.47 Å². The second-order valence-corrected chi connectivity index (χ2v) is 8.06. The van der Waals surface area contributed by atoms with E-state index in [-0.39, 0.29) is 30.9 Å². The largest absolute Gasteiger partial charge is 0.376 e. The Labute approximate surface area is 176 Å². The van der Waals surface area contributed by atoms with E-state index in [1.54, 1.807) is 36.2 Å². The summed E-state index contributed by atoms with van der Waals surface area (Å²) in [6.07, 6.45) is 2.37. The summed E-state index contributed by atoms with van der Waals surface area (Å²) < 4.78 is 7.89. The van der Waals surface area contributed by atoms with E-state index >= 15 is 0 Å². The van der Waals surface area contributed by atoms with Gasteiger partial charge in [0, 0.05) is 30.1 Å². The first-order valence-corrected chi connectivity index (χ1v) is 10.3. The van der Waals surface area contributed by atoms with Crippen molar-refractivity contribution < 1.29 is 14.3 Å². The molecule has 2 aromatic rings. The molecule has 1 fully saturated rings. The molecule has 1 aliphatic heterocycles. The number of para-hydroxylation sites is 1. The highest BCUT2D eigenvalue weighted by molar-refractivity contribution is 6.33. The minimum Gasteiger partial charge on any atom is -0.376 e. The number of ketones is 1. The third-order valence-electron chi connectivity index (χ3n) is 5.26. The number of amides is 1. The minimum absolute atomic E-state index is 0.00438. The Kier molecular flexibility index (Phi) is 7.11. The zero-order valence-electron chi connectivity index (χ0n) is 17.2. The van der Waals surface area contributed by atoms with Crippen LogP contribution in [0.15, 0.2) is 30.3 Å². The quantitative estimate of drug-likeness (QED) is 0.665. The van der Waals surface area contributed by atoms with Crippen molar-refractivity contribution in [2.24, 2.45) is 0 Å². The summed E-state index contributed by atoms with van der Waals surface area (Å²) >= 11 is 6.07. The van der Waals surface area contributed by atoms with Crippen molar-refractivity contribution >= 4 is 29.0 Å². The van der Waals surface area contributed by atoms with E-state index in [4.69, 9.17) is 16.3 Å². The van der Waals surface area contributed by atoms with Gasteiger partial charge in [-0.15, -0.1) is 0 Å². The molecule has 1 aromatic heterocycles. The number of likely N-dealkylation sites (N-methyl/N-ethyl adjacent to an activating group) is 1. The number of ether oxygens (including phenoxy) is 1. The van der Waals surface area contributed by atoms with Crippen molar-refractivity contribution in [3.05, 3.63) is 52.3 Å². The Morgan fingerprint density at radius 2 is 2.03 bits per heavy atom. The van der Waals surface area contributed by atoms with E-state index in [9.17, 15) is 9.59 Å². The van der Waals surface area contributed by atoms with Gasteiger partial charge >= 0.3 is 0 Å². The third kappa shape index (κ3) is 5.47. The van der Waals surface area contributed by atoms with Crippen LogP contribution in [-0.4, -0.2) is 54.0 Å². The average Bonchev–Trinajstić information content (AvgIpc) is 3.27. The minimum atomic E-state index is -0.211. The smallest absolute Gasteiger partial charge is 0.238 e. The van der Waals surface area contributed by atoms with Crippen LogP contribution in [0.25, 0.3) is 0 Å². The molecule has 156 valence electrons. The molecule has 7 heteroatoms. The van der Waals surface area contributed by atoms with Gasteiger partial charge in [-0.25, -0.2) is 0 Å². The lowest BCUT2D eigenvalue weighted by atomic mass is 10.1. The summed E-state index contributed by atoms with van der Waals surface area (Å²) in [5.74, 6) is -0.206. The van der Waals surface area contributed by atoms with Gasteiger partial charge < -0.3 is 14.6 Å². The Bertz CT molecular complexity index is 887. The molecule has 1 saturated heterocycles. The number of hydrogen-bond donors (Lipinski definition) is 1. The van der Waals surface area contributed by atoms with Gasteiger partial charge in [-0.2, -0.15) is 0 Å². The standard InChI is InChI=1S/C22H28ClN3O3/c1-15-11-18(16(2)26(15)12-17-7-6-10-29-17)21(27)13-25(3)14-22(28)24-20-9-5-4-8-19(20)23/h4-5,8-9,11,17H,6-7,10,12-14H2,1-3H3,(H,24,28)/t17-/m0/s1. The number of Topliss-reactive ketones (excluding diaryl/α,β-unsaturated/α-hetero) is 1. The van der Waals surface area contributed by atoms with Crippen molar-refractivity contribution in [2.45, 2.75) is 39.3 Å². The molecule has 1 aromatic carbocycles. The lowest BCUT2D eigenvalue weighted by Crippen LogP contribution is -2.34. The van der Waals surface area contributed by atoms with Crippen LogP contribution < -0.4 is 5.32 Å². The summed E-state index contributed by atoms with van der Waals surface area (Å²) in [7, 11) is 1.76. The van der Waals surface area contributed by atoms with Crippen LogP contribution in [0.1, 0.15) is 34.6 Å². The topological polar surface area (TPSA) is 63.6 Å². The number of halogens is 1. The molecule has 1 aliphatic rings. The van der Waals surface area contributed by atoms with Crippen molar-refractivity contribution in [3.8, 4) is 0 Å². The predicted octanol–water partition coefficient (Wildman–Crippen LogP) is 3.69. The van der Waals surface area contributed by atoms with Crippen LogP contribution in [0, 0.1) is 13.8 Å². The zero-order valence-corrected chi connectivity index (χ0v) is 18.0. The monoisotopic (exact) mass is 417 g/mol. The Balaban J connectivity index is 1.58. The number of aromatic nitrogens is 1. The van der Waals surface area contributed by atoms with Crippen LogP contribution in [0.2, 0.25) is 5.02 Å². The molecular formula is C22H28ClN3O3. The molecule has 6 nitrogen and oxygen atoms in total. The summed E-state index contributed by atoms with van der Waals surface area (Å²) in [5, 5.41) is 3.26. The second-order valence-electron chi connectivity index (χ2n) is 7.65.